The van der Waals surface area contributed by atoms with Crippen LogP contribution in [0.2, 0.25) is 0 Å². The normalized spacial score (nSPS) is 29.0. The molecule has 18 heavy (non-hydrogen) atoms. The van der Waals surface area contributed by atoms with Crippen molar-refractivity contribution in [3.8, 4) is 0 Å². The van der Waals surface area contributed by atoms with E-state index in [4.69, 9.17) is 5.11 Å². The van der Waals surface area contributed by atoms with Gasteiger partial charge < -0.3 is 15.1 Å². The number of hydrogen-bond acceptors (Lipinski definition) is 3. The maximum absolute atomic E-state index is 12.2. The minimum absolute atomic E-state index is 0.104. The lowest BCUT2D eigenvalue weighted by molar-refractivity contribution is -0.148. The Labute approximate surface area is 108 Å². The lowest BCUT2D eigenvalue weighted by atomic mass is 9.95. The van der Waals surface area contributed by atoms with Crippen LogP contribution in [0.5, 0.6) is 0 Å². The first kappa shape index (κ1) is 15.0. The molecule has 2 N–H and O–H groups in total. The Bertz CT molecular complexity index is 316. The summed E-state index contributed by atoms with van der Waals surface area (Å²) >= 11 is 0. The van der Waals surface area contributed by atoms with Gasteiger partial charge in [-0.25, -0.2) is 0 Å². The number of carboxylic acids is 1. The van der Waals surface area contributed by atoms with Crippen LogP contribution in [0.4, 0.5) is 0 Å². The van der Waals surface area contributed by atoms with Crippen molar-refractivity contribution >= 4 is 11.9 Å². The predicted octanol–water partition coefficient (Wildman–Crippen LogP) is 0.963. The fourth-order valence-corrected chi connectivity index (χ4v) is 2.61. The standard InChI is InChI=1S/C13H23NO4/c1-8-6-10(11(7-8)13(17)18)12(16)14(3)5-4-9(2)15/h8-11,15H,4-7H2,1-3H3,(H,17,18). The summed E-state index contributed by atoms with van der Waals surface area (Å²) in [5.41, 5.74) is 0. The van der Waals surface area contributed by atoms with E-state index in [9.17, 15) is 14.7 Å². The average Bonchev–Trinajstić information content (AvgIpc) is 2.67. The monoisotopic (exact) mass is 257 g/mol. The highest BCUT2D eigenvalue weighted by molar-refractivity contribution is 5.85. The molecule has 0 bridgehead atoms. The molecule has 0 aromatic carbocycles. The number of nitrogens with zero attached hydrogens (tertiary/aromatic N) is 1. The van der Waals surface area contributed by atoms with Gasteiger partial charge in [0.1, 0.15) is 0 Å². The number of aliphatic hydroxyl groups is 1. The lowest BCUT2D eigenvalue weighted by Gasteiger charge is -2.23. The van der Waals surface area contributed by atoms with Crippen LogP contribution in [-0.4, -0.2) is 46.7 Å². The Balaban J connectivity index is 2.61. The molecular weight excluding hydrogens is 234 g/mol. The number of carboxylic acid groups (broad SMARTS) is 1. The molecule has 1 rings (SSSR count). The van der Waals surface area contributed by atoms with E-state index >= 15 is 0 Å². The van der Waals surface area contributed by atoms with Crippen molar-refractivity contribution in [3.63, 3.8) is 0 Å². The van der Waals surface area contributed by atoms with Gasteiger partial charge in [0, 0.05) is 13.6 Å². The van der Waals surface area contributed by atoms with Gasteiger partial charge in [-0.1, -0.05) is 6.92 Å². The molecule has 1 amide bonds. The molecule has 0 spiro atoms. The second kappa shape index (κ2) is 6.18. The van der Waals surface area contributed by atoms with Crippen LogP contribution in [0.25, 0.3) is 0 Å². The van der Waals surface area contributed by atoms with Crippen molar-refractivity contribution in [3.05, 3.63) is 0 Å². The molecule has 4 atom stereocenters. The molecule has 1 saturated carbocycles. The zero-order valence-electron chi connectivity index (χ0n) is 11.3. The number of hydrogen-bond donors (Lipinski definition) is 2. The van der Waals surface area contributed by atoms with E-state index in [-0.39, 0.29) is 11.8 Å². The molecule has 0 aromatic heterocycles. The van der Waals surface area contributed by atoms with Crippen molar-refractivity contribution in [2.24, 2.45) is 17.8 Å². The Morgan fingerprint density at radius 2 is 1.89 bits per heavy atom. The molecular formula is C13H23NO4. The van der Waals surface area contributed by atoms with Gasteiger partial charge in [0.25, 0.3) is 0 Å². The maximum Gasteiger partial charge on any atom is 0.307 e. The highest BCUT2D eigenvalue weighted by atomic mass is 16.4. The minimum atomic E-state index is -0.873. The largest absolute Gasteiger partial charge is 0.481 e. The van der Waals surface area contributed by atoms with E-state index < -0.39 is 23.9 Å². The van der Waals surface area contributed by atoms with Gasteiger partial charge in [-0.2, -0.15) is 0 Å². The van der Waals surface area contributed by atoms with Gasteiger partial charge >= 0.3 is 5.97 Å². The molecule has 1 fully saturated rings. The molecule has 5 nitrogen and oxygen atoms in total. The molecule has 0 aliphatic heterocycles. The quantitative estimate of drug-likeness (QED) is 0.769. The van der Waals surface area contributed by atoms with Crippen LogP contribution >= 0.6 is 0 Å². The smallest absolute Gasteiger partial charge is 0.307 e. The van der Waals surface area contributed by atoms with Crippen LogP contribution in [0.15, 0.2) is 0 Å². The van der Waals surface area contributed by atoms with E-state index in [1.54, 1.807) is 18.9 Å². The number of carbonyl (C=O) groups excluding carboxylic acids is 1. The third-order valence-corrected chi connectivity index (χ3v) is 3.69. The fourth-order valence-electron chi connectivity index (χ4n) is 2.61. The average molecular weight is 257 g/mol. The summed E-state index contributed by atoms with van der Waals surface area (Å²) < 4.78 is 0. The van der Waals surface area contributed by atoms with Crippen LogP contribution in [-0.2, 0) is 9.59 Å². The van der Waals surface area contributed by atoms with Gasteiger partial charge in [-0.15, -0.1) is 0 Å². The number of rotatable bonds is 5. The van der Waals surface area contributed by atoms with Crippen molar-refractivity contribution in [1.82, 2.24) is 4.90 Å². The van der Waals surface area contributed by atoms with Gasteiger partial charge in [0.15, 0.2) is 0 Å². The zero-order valence-corrected chi connectivity index (χ0v) is 11.3. The van der Waals surface area contributed by atoms with E-state index in [2.05, 4.69) is 0 Å². The summed E-state index contributed by atoms with van der Waals surface area (Å²) in [5.74, 6) is -1.66. The molecule has 0 radical (unpaired) electrons. The molecule has 1 aliphatic rings. The second-order valence-corrected chi connectivity index (χ2v) is 5.53. The molecule has 4 unspecified atom stereocenters. The lowest BCUT2D eigenvalue weighted by Crippen LogP contribution is -2.38. The SMILES string of the molecule is CC(O)CCN(C)C(=O)C1CC(C)CC1C(=O)O. The van der Waals surface area contributed by atoms with Crippen LogP contribution in [0.3, 0.4) is 0 Å². The number of aliphatic hydroxyl groups excluding tert-OH is 1. The number of amides is 1. The Hall–Kier alpha value is -1.10. The van der Waals surface area contributed by atoms with E-state index in [0.717, 1.165) is 0 Å². The summed E-state index contributed by atoms with van der Waals surface area (Å²) in [7, 11) is 1.67. The molecule has 0 saturated heterocycles. The van der Waals surface area contributed by atoms with Gasteiger partial charge in [-0.05, 0) is 32.1 Å². The molecule has 0 aromatic rings. The van der Waals surface area contributed by atoms with Gasteiger partial charge in [-0.3, -0.25) is 9.59 Å². The summed E-state index contributed by atoms with van der Waals surface area (Å²) in [6, 6.07) is 0. The topological polar surface area (TPSA) is 77.8 Å². The van der Waals surface area contributed by atoms with Crippen LogP contribution in [0.1, 0.15) is 33.1 Å². The van der Waals surface area contributed by atoms with Crippen molar-refractivity contribution in [2.45, 2.75) is 39.2 Å². The highest BCUT2D eigenvalue weighted by Gasteiger charge is 2.42. The summed E-state index contributed by atoms with van der Waals surface area (Å²) in [4.78, 5) is 24.9. The van der Waals surface area contributed by atoms with Gasteiger partial charge in [0.2, 0.25) is 5.91 Å². The Kier molecular flexibility index (Phi) is 5.14. The maximum atomic E-state index is 12.2. The summed E-state index contributed by atoms with van der Waals surface area (Å²) in [6.07, 6.45) is 1.30. The third kappa shape index (κ3) is 3.70. The van der Waals surface area contributed by atoms with E-state index in [1.165, 1.54) is 0 Å². The van der Waals surface area contributed by atoms with Crippen molar-refractivity contribution in [1.29, 1.82) is 0 Å². The van der Waals surface area contributed by atoms with Crippen molar-refractivity contribution in [2.75, 3.05) is 13.6 Å². The summed E-state index contributed by atoms with van der Waals surface area (Å²) in [6.45, 7) is 4.13. The minimum Gasteiger partial charge on any atom is -0.481 e. The van der Waals surface area contributed by atoms with E-state index in [0.29, 0.717) is 25.8 Å². The first-order chi connectivity index (χ1) is 8.32. The molecule has 5 heteroatoms. The number of carbonyl (C=O) groups is 2. The van der Waals surface area contributed by atoms with Crippen LogP contribution in [0, 0.1) is 17.8 Å². The molecule has 104 valence electrons. The summed E-state index contributed by atoms with van der Waals surface area (Å²) in [5, 5.41) is 18.3. The van der Waals surface area contributed by atoms with Crippen molar-refractivity contribution < 1.29 is 19.8 Å². The highest BCUT2D eigenvalue weighted by Crippen LogP contribution is 2.37. The molecule has 1 aliphatic carbocycles. The predicted molar refractivity (Wildman–Crippen MR) is 66.9 cm³/mol. The Morgan fingerprint density at radius 1 is 1.33 bits per heavy atom. The second-order valence-electron chi connectivity index (χ2n) is 5.53. The Morgan fingerprint density at radius 3 is 2.39 bits per heavy atom. The number of aliphatic carboxylic acids is 1. The third-order valence-electron chi connectivity index (χ3n) is 3.69. The first-order valence-corrected chi connectivity index (χ1v) is 6.48. The fraction of sp³-hybridized carbons (Fsp3) is 0.846. The zero-order chi connectivity index (χ0) is 13.9. The van der Waals surface area contributed by atoms with Crippen LogP contribution < -0.4 is 0 Å². The van der Waals surface area contributed by atoms with Gasteiger partial charge in [0.05, 0.1) is 17.9 Å². The first-order valence-electron chi connectivity index (χ1n) is 6.48. The van der Waals surface area contributed by atoms with E-state index in [1.807, 2.05) is 6.92 Å². The molecule has 0 heterocycles.